The molecule has 1 fully saturated rings. The van der Waals surface area contributed by atoms with Crippen LogP contribution in [0.5, 0.6) is 0 Å². The predicted molar refractivity (Wildman–Crippen MR) is 51.1 cm³/mol. The first-order valence-electron chi connectivity index (χ1n) is 4.17. The molecule has 1 heterocycles. The molecule has 3 atom stereocenters. The van der Waals surface area contributed by atoms with Gasteiger partial charge in [0.05, 0.1) is 11.4 Å². The van der Waals surface area contributed by atoms with E-state index >= 15 is 0 Å². The summed E-state index contributed by atoms with van der Waals surface area (Å²) in [6.45, 7) is 0. The van der Waals surface area contributed by atoms with Crippen LogP contribution < -0.4 is 10.9 Å². The molecule has 3 N–H and O–H groups in total. The fourth-order valence-electron chi connectivity index (χ4n) is 1.44. The van der Waals surface area contributed by atoms with Gasteiger partial charge in [-0.05, 0) is 5.56 Å². The van der Waals surface area contributed by atoms with Gasteiger partial charge in [-0.2, -0.15) is 0 Å². The largest absolute Gasteiger partial charge is 0.376 e. The van der Waals surface area contributed by atoms with Crippen molar-refractivity contribution >= 4 is 11.6 Å². The van der Waals surface area contributed by atoms with Gasteiger partial charge in [0.2, 0.25) is 0 Å². The molecule has 0 aliphatic carbocycles. The Morgan fingerprint density at radius 2 is 1.85 bits per heavy atom. The molecule has 70 valence electrons. The number of halogens is 1. The van der Waals surface area contributed by atoms with Gasteiger partial charge in [0, 0.05) is 0 Å². The SMILES string of the molecule is OC1NNC(c2ccccc2)C1Cl. The van der Waals surface area contributed by atoms with E-state index in [0.717, 1.165) is 5.56 Å². The molecular formula is C9H11ClN2O. The molecule has 3 nitrogen and oxygen atoms in total. The Hall–Kier alpha value is -0.610. The first-order chi connectivity index (χ1) is 6.29. The van der Waals surface area contributed by atoms with Gasteiger partial charge in [-0.3, -0.25) is 0 Å². The Bertz CT molecular complexity index is 280. The average Bonchev–Trinajstić information content (AvgIpc) is 2.49. The molecule has 0 bridgehead atoms. The Morgan fingerprint density at radius 3 is 2.38 bits per heavy atom. The Morgan fingerprint density at radius 1 is 1.15 bits per heavy atom. The molecule has 13 heavy (non-hydrogen) atoms. The number of rotatable bonds is 1. The Balaban J connectivity index is 2.19. The van der Waals surface area contributed by atoms with Crippen molar-refractivity contribution in [2.24, 2.45) is 0 Å². The molecule has 1 aliphatic heterocycles. The second-order valence-electron chi connectivity index (χ2n) is 3.07. The van der Waals surface area contributed by atoms with E-state index < -0.39 is 6.23 Å². The number of aliphatic hydroxyl groups is 1. The minimum absolute atomic E-state index is 0.0298. The van der Waals surface area contributed by atoms with Gasteiger partial charge < -0.3 is 5.11 Å². The molecule has 0 spiro atoms. The van der Waals surface area contributed by atoms with Gasteiger partial charge in [-0.1, -0.05) is 30.3 Å². The quantitative estimate of drug-likeness (QED) is 0.584. The van der Waals surface area contributed by atoms with Crippen molar-refractivity contribution in [2.75, 3.05) is 0 Å². The molecule has 3 unspecified atom stereocenters. The molecular weight excluding hydrogens is 188 g/mol. The number of alkyl halides is 1. The minimum Gasteiger partial charge on any atom is -0.376 e. The molecule has 1 aromatic carbocycles. The Kier molecular flexibility index (Phi) is 2.51. The highest BCUT2D eigenvalue weighted by Crippen LogP contribution is 2.25. The van der Waals surface area contributed by atoms with E-state index in [1.54, 1.807) is 0 Å². The second-order valence-corrected chi connectivity index (χ2v) is 3.57. The third-order valence-electron chi connectivity index (χ3n) is 2.17. The van der Waals surface area contributed by atoms with Crippen LogP contribution in [0.1, 0.15) is 11.6 Å². The number of benzene rings is 1. The van der Waals surface area contributed by atoms with Crippen LogP contribution in [-0.2, 0) is 0 Å². The summed E-state index contributed by atoms with van der Waals surface area (Å²) in [5, 5.41) is 8.99. The smallest absolute Gasteiger partial charge is 0.135 e. The third kappa shape index (κ3) is 1.69. The minimum atomic E-state index is -0.688. The van der Waals surface area contributed by atoms with E-state index in [2.05, 4.69) is 10.9 Å². The van der Waals surface area contributed by atoms with E-state index in [4.69, 9.17) is 11.6 Å². The number of aliphatic hydroxyl groups excluding tert-OH is 1. The molecule has 1 aromatic rings. The van der Waals surface area contributed by atoms with Crippen LogP contribution in [0.4, 0.5) is 0 Å². The van der Waals surface area contributed by atoms with Crippen molar-refractivity contribution in [3.05, 3.63) is 35.9 Å². The number of hydrogen-bond donors (Lipinski definition) is 3. The summed E-state index contributed by atoms with van der Waals surface area (Å²) in [6.07, 6.45) is -0.688. The van der Waals surface area contributed by atoms with E-state index in [-0.39, 0.29) is 11.4 Å². The maximum Gasteiger partial charge on any atom is 0.135 e. The lowest BCUT2D eigenvalue weighted by atomic mass is 10.1. The van der Waals surface area contributed by atoms with Gasteiger partial charge in [0.25, 0.3) is 0 Å². The standard InChI is InChI=1S/C9H11ClN2O/c10-7-8(11-12-9(7)13)6-4-2-1-3-5-6/h1-5,7-9,11-13H. The summed E-state index contributed by atoms with van der Waals surface area (Å²) in [6, 6.07) is 9.78. The van der Waals surface area contributed by atoms with Gasteiger partial charge in [-0.25, -0.2) is 10.9 Å². The summed E-state index contributed by atoms with van der Waals surface area (Å²) >= 11 is 5.99. The molecule has 1 aliphatic rings. The van der Waals surface area contributed by atoms with Crippen molar-refractivity contribution in [1.82, 2.24) is 10.9 Å². The second kappa shape index (κ2) is 3.64. The first kappa shape index (κ1) is 8.97. The molecule has 0 radical (unpaired) electrons. The van der Waals surface area contributed by atoms with Crippen LogP contribution in [0.25, 0.3) is 0 Å². The zero-order chi connectivity index (χ0) is 9.26. The van der Waals surface area contributed by atoms with Crippen LogP contribution in [0, 0.1) is 0 Å². The van der Waals surface area contributed by atoms with Gasteiger partial charge in [0.1, 0.15) is 6.23 Å². The zero-order valence-corrected chi connectivity index (χ0v) is 7.70. The lowest BCUT2D eigenvalue weighted by Gasteiger charge is -2.13. The van der Waals surface area contributed by atoms with E-state index in [1.165, 1.54) is 0 Å². The molecule has 0 saturated carbocycles. The lowest BCUT2D eigenvalue weighted by Crippen LogP contribution is -2.31. The summed E-state index contributed by atoms with van der Waals surface area (Å²) in [4.78, 5) is 0. The maximum absolute atomic E-state index is 9.32. The zero-order valence-electron chi connectivity index (χ0n) is 6.94. The van der Waals surface area contributed by atoms with Gasteiger partial charge in [-0.15, -0.1) is 11.6 Å². The summed E-state index contributed by atoms with van der Waals surface area (Å²) in [7, 11) is 0. The average molecular weight is 199 g/mol. The van der Waals surface area contributed by atoms with Crippen molar-refractivity contribution < 1.29 is 5.11 Å². The number of hydrogen-bond acceptors (Lipinski definition) is 3. The van der Waals surface area contributed by atoms with Gasteiger partial charge >= 0.3 is 0 Å². The van der Waals surface area contributed by atoms with Crippen LogP contribution in [-0.4, -0.2) is 16.7 Å². The monoisotopic (exact) mass is 198 g/mol. The summed E-state index contributed by atoms with van der Waals surface area (Å²) in [5.41, 5.74) is 6.71. The molecule has 0 aromatic heterocycles. The highest BCUT2D eigenvalue weighted by molar-refractivity contribution is 6.21. The predicted octanol–water partition coefficient (Wildman–Crippen LogP) is 0.761. The molecule has 0 amide bonds. The van der Waals surface area contributed by atoms with E-state index in [1.807, 2.05) is 30.3 Å². The molecule has 1 saturated heterocycles. The first-order valence-corrected chi connectivity index (χ1v) is 4.61. The van der Waals surface area contributed by atoms with Crippen molar-refractivity contribution in [3.8, 4) is 0 Å². The lowest BCUT2D eigenvalue weighted by molar-refractivity contribution is 0.156. The fraction of sp³-hybridized carbons (Fsp3) is 0.333. The highest BCUT2D eigenvalue weighted by Gasteiger charge is 2.33. The third-order valence-corrected chi connectivity index (χ3v) is 2.66. The maximum atomic E-state index is 9.32. The fourth-order valence-corrected chi connectivity index (χ4v) is 1.72. The van der Waals surface area contributed by atoms with Crippen LogP contribution >= 0.6 is 11.6 Å². The van der Waals surface area contributed by atoms with Gasteiger partial charge in [0.15, 0.2) is 0 Å². The number of hydrazine groups is 1. The van der Waals surface area contributed by atoms with Crippen LogP contribution in [0.2, 0.25) is 0 Å². The van der Waals surface area contributed by atoms with Crippen LogP contribution in [0.15, 0.2) is 30.3 Å². The summed E-state index contributed by atoms with van der Waals surface area (Å²) in [5.74, 6) is 0. The molecule has 2 rings (SSSR count). The van der Waals surface area contributed by atoms with E-state index in [9.17, 15) is 5.11 Å². The van der Waals surface area contributed by atoms with E-state index in [0.29, 0.717) is 0 Å². The molecule has 4 heteroatoms. The van der Waals surface area contributed by atoms with Crippen LogP contribution in [0.3, 0.4) is 0 Å². The van der Waals surface area contributed by atoms with Crippen molar-refractivity contribution in [1.29, 1.82) is 0 Å². The van der Waals surface area contributed by atoms with Crippen molar-refractivity contribution in [2.45, 2.75) is 17.6 Å². The van der Waals surface area contributed by atoms with Crippen molar-refractivity contribution in [3.63, 3.8) is 0 Å². The highest BCUT2D eigenvalue weighted by atomic mass is 35.5. The normalized spacial score (nSPS) is 33.5. The Labute approximate surface area is 81.7 Å². The topological polar surface area (TPSA) is 44.3 Å². The summed E-state index contributed by atoms with van der Waals surface area (Å²) < 4.78 is 0. The number of nitrogens with one attached hydrogen (secondary N) is 2.